The van der Waals surface area contributed by atoms with Crippen LogP contribution in [0, 0.1) is 5.82 Å². The Morgan fingerprint density at radius 2 is 1.81 bits per heavy atom. The Hall–Kier alpha value is -2.46. The molecule has 2 amide bonds. The Labute approximate surface area is 190 Å². The van der Waals surface area contributed by atoms with E-state index in [2.05, 4.69) is 21.2 Å². The molecule has 7 nitrogen and oxygen atoms in total. The molecule has 0 aliphatic carbocycles. The molecule has 1 N–H and O–H groups in total. The third-order valence-electron chi connectivity index (χ3n) is 4.56. The first kappa shape index (κ1) is 24.8. The Bertz CT molecular complexity index is 1030. The molecule has 0 radical (unpaired) electrons. The predicted molar refractivity (Wildman–Crippen MR) is 121 cm³/mol. The van der Waals surface area contributed by atoms with Crippen LogP contribution in [-0.2, 0) is 26.2 Å². The van der Waals surface area contributed by atoms with Crippen LogP contribution < -0.4 is 9.62 Å². The summed E-state index contributed by atoms with van der Waals surface area (Å²) < 4.78 is 40.1. The molecule has 0 saturated carbocycles. The number of hydrogen-bond acceptors (Lipinski definition) is 4. The minimum absolute atomic E-state index is 0.0325. The lowest BCUT2D eigenvalue weighted by atomic mass is 10.1. The highest BCUT2D eigenvalue weighted by atomic mass is 79.9. The monoisotopic (exact) mass is 513 g/mol. The van der Waals surface area contributed by atoms with Crippen LogP contribution >= 0.6 is 15.9 Å². The van der Waals surface area contributed by atoms with Crippen molar-refractivity contribution in [2.45, 2.75) is 26.4 Å². The maximum atomic E-state index is 13.7. The number of rotatable bonds is 9. The van der Waals surface area contributed by atoms with Crippen LogP contribution in [0.4, 0.5) is 10.1 Å². The molecule has 1 atom stereocenters. The van der Waals surface area contributed by atoms with Crippen LogP contribution in [0.5, 0.6) is 0 Å². The van der Waals surface area contributed by atoms with E-state index in [9.17, 15) is 22.4 Å². The number of halogens is 2. The van der Waals surface area contributed by atoms with E-state index >= 15 is 0 Å². The summed E-state index contributed by atoms with van der Waals surface area (Å²) in [4.78, 5) is 27.0. The zero-order valence-corrected chi connectivity index (χ0v) is 19.9. The summed E-state index contributed by atoms with van der Waals surface area (Å²) in [5, 5.41) is 2.68. The topological polar surface area (TPSA) is 86.8 Å². The van der Waals surface area contributed by atoms with Crippen molar-refractivity contribution >= 4 is 43.5 Å². The van der Waals surface area contributed by atoms with Crippen molar-refractivity contribution in [3.05, 3.63) is 64.4 Å². The van der Waals surface area contributed by atoms with Crippen LogP contribution in [0.3, 0.4) is 0 Å². The molecule has 10 heteroatoms. The van der Waals surface area contributed by atoms with Crippen molar-refractivity contribution in [3.63, 3.8) is 0 Å². The molecular weight excluding hydrogens is 489 g/mol. The van der Waals surface area contributed by atoms with Gasteiger partial charge >= 0.3 is 0 Å². The lowest BCUT2D eigenvalue weighted by molar-refractivity contribution is -0.139. The number of nitrogens with one attached hydrogen (secondary N) is 1. The average Bonchev–Trinajstić information content (AvgIpc) is 2.70. The third-order valence-corrected chi connectivity index (χ3v) is 6.23. The Morgan fingerprint density at radius 3 is 2.35 bits per heavy atom. The van der Waals surface area contributed by atoms with Gasteiger partial charge in [0, 0.05) is 17.6 Å². The molecule has 0 bridgehead atoms. The van der Waals surface area contributed by atoms with Crippen molar-refractivity contribution in [2.75, 3.05) is 23.7 Å². The number of amides is 2. The van der Waals surface area contributed by atoms with E-state index in [-0.39, 0.29) is 18.1 Å². The molecule has 0 unspecified atom stereocenters. The molecule has 2 aromatic carbocycles. The van der Waals surface area contributed by atoms with Crippen LogP contribution in [-0.4, -0.2) is 50.5 Å². The average molecular weight is 514 g/mol. The van der Waals surface area contributed by atoms with Crippen LogP contribution in [0.25, 0.3) is 0 Å². The number of likely N-dealkylation sites (N-methyl/N-ethyl adjacent to an activating group) is 1. The summed E-state index contributed by atoms with van der Waals surface area (Å²) in [6, 6.07) is 11.4. The maximum Gasteiger partial charge on any atom is 0.244 e. The first-order chi connectivity index (χ1) is 14.5. The summed E-state index contributed by atoms with van der Waals surface area (Å²) in [7, 11) is -3.89. The molecule has 0 saturated heterocycles. The number of anilines is 1. The second kappa shape index (κ2) is 10.7. The molecule has 2 rings (SSSR count). The highest BCUT2D eigenvalue weighted by Gasteiger charge is 2.30. The molecule has 168 valence electrons. The highest BCUT2D eigenvalue weighted by molar-refractivity contribution is 9.10. The standard InChI is InChI=1S/C21H25BrFN3O4S/c1-4-24-21(28)15(2)25(13-16-8-10-17(22)11-9-16)20(27)14-26(31(3,29)30)19-7-5-6-18(23)12-19/h5-12,15H,4,13-14H2,1-3H3,(H,24,28)/t15-/m1/s1. The number of hydrogen-bond donors (Lipinski definition) is 1. The van der Waals surface area contributed by atoms with Gasteiger partial charge in [-0.2, -0.15) is 0 Å². The molecule has 2 aromatic rings. The quantitative estimate of drug-likeness (QED) is 0.558. The second-order valence-electron chi connectivity index (χ2n) is 6.97. The fourth-order valence-electron chi connectivity index (χ4n) is 2.94. The van der Waals surface area contributed by atoms with Gasteiger partial charge in [-0.1, -0.05) is 34.1 Å². The van der Waals surface area contributed by atoms with Crippen LogP contribution in [0.2, 0.25) is 0 Å². The van der Waals surface area contributed by atoms with Gasteiger partial charge in [0.25, 0.3) is 0 Å². The normalized spacial score (nSPS) is 12.2. The smallest absolute Gasteiger partial charge is 0.244 e. The van der Waals surface area contributed by atoms with Gasteiger partial charge in [-0.25, -0.2) is 12.8 Å². The molecule has 0 aliphatic rings. The first-order valence-electron chi connectivity index (χ1n) is 9.57. The summed E-state index contributed by atoms with van der Waals surface area (Å²) in [6.07, 6.45) is 0.942. The maximum absolute atomic E-state index is 13.7. The lowest BCUT2D eigenvalue weighted by Gasteiger charge is -2.31. The van der Waals surface area contributed by atoms with E-state index in [1.54, 1.807) is 26.0 Å². The molecule has 31 heavy (non-hydrogen) atoms. The molecule has 0 aliphatic heterocycles. The zero-order chi connectivity index (χ0) is 23.2. The van der Waals surface area contributed by atoms with Crippen molar-refractivity contribution in [1.82, 2.24) is 10.2 Å². The number of sulfonamides is 1. The lowest BCUT2D eigenvalue weighted by Crippen LogP contribution is -2.51. The van der Waals surface area contributed by atoms with Crippen LogP contribution in [0.1, 0.15) is 19.4 Å². The van der Waals surface area contributed by atoms with Crippen molar-refractivity contribution < 1.29 is 22.4 Å². The Morgan fingerprint density at radius 1 is 1.16 bits per heavy atom. The number of nitrogens with zero attached hydrogens (tertiary/aromatic N) is 2. The Kier molecular flexibility index (Phi) is 8.58. The van der Waals surface area contributed by atoms with E-state index < -0.39 is 34.3 Å². The molecular formula is C21H25BrFN3O4S. The zero-order valence-electron chi connectivity index (χ0n) is 17.5. The predicted octanol–water partition coefficient (Wildman–Crippen LogP) is 2.91. The van der Waals surface area contributed by atoms with E-state index in [0.717, 1.165) is 26.7 Å². The summed E-state index contributed by atoms with van der Waals surface area (Å²) in [5.74, 6) is -1.57. The third kappa shape index (κ3) is 7.03. The van der Waals surface area contributed by atoms with Crippen molar-refractivity contribution in [2.24, 2.45) is 0 Å². The molecule has 0 aromatic heterocycles. The second-order valence-corrected chi connectivity index (χ2v) is 9.79. The first-order valence-corrected chi connectivity index (χ1v) is 12.2. The van der Waals surface area contributed by atoms with Gasteiger partial charge in [0.1, 0.15) is 18.4 Å². The van der Waals surface area contributed by atoms with Gasteiger partial charge < -0.3 is 10.2 Å². The minimum atomic E-state index is -3.89. The van der Waals surface area contributed by atoms with Gasteiger partial charge in [-0.3, -0.25) is 13.9 Å². The van der Waals surface area contributed by atoms with Gasteiger partial charge in [-0.05, 0) is 49.7 Å². The molecule has 0 fully saturated rings. The van der Waals surface area contributed by atoms with Gasteiger partial charge in [0.2, 0.25) is 21.8 Å². The van der Waals surface area contributed by atoms with Crippen LogP contribution in [0.15, 0.2) is 53.0 Å². The van der Waals surface area contributed by atoms with Gasteiger partial charge in [-0.15, -0.1) is 0 Å². The largest absolute Gasteiger partial charge is 0.355 e. The minimum Gasteiger partial charge on any atom is -0.355 e. The fourth-order valence-corrected chi connectivity index (χ4v) is 4.04. The van der Waals surface area contributed by atoms with Gasteiger partial charge in [0.05, 0.1) is 11.9 Å². The summed E-state index contributed by atoms with van der Waals surface area (Å²) in [5.41, 5.74) is 0.800. The molecule has 0 spiro atoms. The number of benzene rings is 2. The SMILES string of the molecule is CCNC(=O)[C@@H](C)N(Cc1ccc(Br)cc1)C(=O)CN(c1cccc(F)c1)S(C)(=O)=O. The van der Waals surface area contributed by atoms with Crippen molar-refractivity contribution in [3.8, 4) is 0 Å². The molecule has 0 heterocycles. The highest BCUT2D eigenvalue weighted by Crippen LogP contribution is 2.20. The van der Waals surface area contributed by atoms with E-state index in [1.807, 2.05) is 12.1 Å². The number of carbonyl (C=O) groups excluding carboxylic acids is 2. The summed E-state index contributed by atoms with van der Waals surface area (Å²) >= 11 is 3.35. The number of carbonyl (C=O) groups is 2. The van der Waals surface area contributed by atoms with Gasteiger partial charge in [0.15, 0.2) is 0 Å². The van der Waals surface area contributed by atoms with E-state index in [0.29, 0.717) is 6.54 Å². The Balaban J connectivity index is 2.37. The fraction of sp³-hybridized carbons (Fsp3) is 0.333. The van der Waals surface area contributed by atoms with E-state index in [1.165, 1.54) is 23.1 Å². The van der Waals surface area contributed by atoms with Crippen molar-refractivity contribution in [1.29, 1.82) is 0 Å². The van der Waals surface area contributed by atoms with E-state index in [4.69, 9.17) is 0 Å². The summed E-state index contributed by atoms with van der Waals surface area (Å²) in [6.45, 7) is 3.27.